The third kappa shape index (κ3) is 4.99. The monoisotopic (exact) mass is 459 g/mol. The van der Waals surface area contributed by atoms with Crippen LogP contribution < -0.4 is 4.74 Å². The third-order valence-electron chi connectivity index (χ3n) is 3.37. The van der Waals surface area contributed by atoms with E-state index in [0.717, 1.165) is 0 Å². The lowest BCUT2D eigenvalue weighted by molar-refractivity contribution is -0.143. The molecular formula is C17H18BrNO5S2. The van der Waals surface area contributed by atoms with Crippen LogP contribution in [0.1, 0.15) is 25.8 Å². The highest BCUT2D eigenvalue weighted by atomic mass is 79.9. The number of benzene rings is 1. The summed E-state index contributed by atoms with van der Waals surface area (Å²) in [6.45, 7) is 4.43. The number of ether oxygens (including phenoxy) is 2. The number of halogens is 1. The molecule has 0 saturated carbocycles. The minimum absolute atomic E-state index is 0.00554. The van der Waals surface area contributed by atoms with Crippen LogP contribution in [0.4, 0.5) is 0 Å². The van der Waals surface area contributed by atoms with E-state index in [9.17, 15) is 14.7 Å². The van der Waals surface area contributed by atoms with Crippen LogP contribution in [0.15, 0.2) is 21.5 Å². The van der Waals surface area contributed by atoms with E-state index in [2.05, 4.69) is 15.9 Å². The summed E-state index contributed by atoms with van der Waals surface area (Å²) < 4.78 is 11.1. The van der Waals surface area contributed by atoms with Crippen molar-refractivity contribution >= 4 is 62.2 Å². The van der Waals surface area contributed by atoms with E-state index in [1.54, 1.807) is 25.1 Å². The van der Waals surface area contributed by atoms with Crippen LogP contribution in [0.2, 0.25) is 0 Å². The number of rotatable bonds is 7. The number of nitrogens with zero attached hydrogens (tertiary/aromatic N) is 1. The van der Waals surface area contributed by atoms with Crippen LogP contribution in [0.25, 0.3) is 6.08 Å². The second kappa shape index (κ2) is 9.38. The molecule has 0 atom stereocenters. The van der Waals surface area contributed by atoms with Crippen molar-refractivity contribution in [3.8, 4) is 11.5 Å². The molecule has 6 nitrogen and oxygen atoms in total. The highest BCUT2D eigenvalue weighted by Gasteiger charge is 2.32. The Morgan fingerprint density at radius 3 is 2.77 bits per heavy atom. The number of amides is 1. The molecule has 26 heavy (non-hydrogen) atoms. The van der Waals surface area contributed by atoms with Gasteiger partial charge in [-0.25, -0.2) is 0 Å². The second-order valence-corrected chi connectivity index (χ2v) is 7.70. The number of hydrogen-bond donors (Lipinski definition) is 1. The minimum atomic E-state index is -0.366. The van der Waals surface area contributed by atoms with Gasteiger partial charge in [0.2, 0.25) is 0 Å². The molecule has 0 unspecified atom stereocenters. The number of thioether (sulfide) groups is 1. The number of hydrogen-bond acceptors (Lipinski definition) is 7. The van der Waals surface area contributed by atoms with E-state index in [1.807, 2.05) is 6.92 Å². The molecule has 0 radical (unpaired) electrons. The molecule has 9 heteroatoms. The van der Waals surface area contributed by atoms with Gasteiger partial charge in [0, 0.05) is 6.54 Å². The predicted octanol–water partition coefficient (Wildman–Crippen LogP) is 3.71. The molecule has 140 valence electrons. The smallest absolute Gasteiger partial charge is 0.307 e. The number of carbonyl (C=O) groups excluding carboxylic acids is 2. The fraction of sp³-hybridized carbons (Fsp3) is 0.353. The van der Waals surface area contributed by atoms with Crippen molar-refractivity contribution < 1.29 is 24.2 Å². The largest absolute Gasteiger partial charge is 0.503 e. The normalized spacial score (nSPS) is 15.7. The summed E-state index contributed by atoms with van der Waals surface area (Å²) >= 11 is 9.68. The molecule has 0 bridgehead atoms. The molecule has 0 spiro atoms. The van der Waals surface area contributed by atoms with Crippen LogP contribution in [0.5, 0.6) is 11.5 Å². The molecule has 2 rings (SSSR count). The van der Waals surface area contributed by atoms with Gasteiger partial charge in [-0.15, -0.1) is 0 Å². The first kappa shape index (κ1) is 20.7. The number of phenols is 1. The van der Waals surface area contributed by atoms with Crippen molar-refractivity contribution in [2.45, 2.75) is 20.3 Å². The quantitative estimate of drug-likeness (QED) is 0.378. The zero-order valence-corrected chi connectivity index (χ0v) is 17.5. The Hall–Kier alpha value is -1.58. The molecule has 1 N–H and O–H groups in total. The van der Waals surface area contributed by atoms with Gasteiger partial charge in [0.25, 0.3) is 5.91 Å². The third-order valence-corrected chi connectivity index (χ3v) is 5.35. The first-order chi connectivity index (χ1) is 12.4. The highest BCUT2D eigenvalue weighted by Crippen LogP contribution is 2.38. The number of phenolic OH excluding ortho intramolecular Hbond substituents is 1. The van der Waals surface area contributed by atoms with Gasteiger partial charge in [0.05, 0.1) is 29.0 Å². The average molecular weight is 460 g/mol. The summed E-state index contributed by atoms with van der Waals surface area (Å²) in [4.78, 5) is 25.9. The first-order valence-electron chi connectivity index (χ1n) is 7.93. The molecule has 0 aliphatic carbocycles. The lowest BCUT2D eigenvalue weighted by Crippen LogP contribution is -2.30. The molecule has 1 aromatic carbocycles. The van der Waals surface area contributed by atoms with Crippen molar-refractivity contribution in [1.29, 1.82) is 0 Å². The van der Waals surface area contributed by atoms with Gasteiger partial charge in [-0.2, -0.15) is 0 Å². The van der Waals surface area contributed by atoms with E-state index < -0.39 is 0 Å². The van der Waals surface area contributed by atoms with Gasteiger partial charge in [-0.1, -0.05) is 24.0 Å². The van der Waals surface area contributed by atoms with Gasteiger partial charge in [0.15, 0.2) is 11.5 Å². The molecule has 0 aromatic heterocycles. The Kier molecular flexibility index (Phi) is 7.48. The SMILES string of the molecule is CCOC(=O)CCN1C(=O)/C(=C/c2cc(Br)c(O)c(OCC)c2)SC1=S. The summed E-state index contributed by atoms with van der Waals surface area (Å²) in [6.07, 6.45) is 1.77. The first-order valence-corrected chi connectivity index (χ1v) is 9.95. The van der Waals surface area contributed by atoms with Gasteiger partial charge >= 0.3 is 5.97 Å². The molecule has 1 fully saturated rings. The van der Waals surface area contributed by atoms with Crippen molar-refractivity contribution in [3.05, 3.63) is 27.1 Å². The topological polar surface area (TPSA) is 76.1 Å². The maximum Gasteiger partial charge on any atom is 0.307 e. The molecule has 1 heterocycles. The number of thiocarbonyl (C=S) groups is 1. The Labute approximate surface area is 169 Å². The van der Waals surface area contributed by atoms with Gasteiger partial charge < -0.3 is 14.6 Å². The Morgan fingerprint density at radius 1 is 1.38 bits per heavy atom. The van der Waals surface area contributed by atoms with E-state index in [4.69, 9.17) is 21.7 Å². The Morgan fingerprint density at radius 2 is 2.12 bits per heavy atom. The predicted molar refractivity (Wildman–Crippen MR) is 108 cm³/mol. The zero-order chi connectivity index (χ0) is 19.3. The summed E-state index contributed by atoms with van der Waals surface area (Å²) in [5, 5.41) is 9.98. The molecule has 1 aliphatic rings. The van der Waals surface area contributed by atoms with Crippen LogP contribution in [-0.2, 0) is 14.3 Å². The van der Waals surface area contributed by atoms with Gasteiger partial charge in [0.1, 0.15) is 4.32 Å². The van der Waals surface area contributed by atoms with Gasteiger partial charge in [-0.3, -0.25) is 14.5 Å². The summed E-state index contributed by atoms with van der Waals surface area (Å²) in [7, 11) is 0. The lowest BCUT2D eigenvalue weighted by Gasteiger charge is -2.13. The van der Waals surface area contributed by atoms with Crippen molar-refractivity contribution in [3.63, 3.8) is 0 Å². The van der Waals surface area contributed by atoms with Gasteiger partial charge in [-0.05, 0) is 53.5 Å². The molecule has 1 saturated heterocycles. The van der Waals surface area contributed by atoms with Crippen LogP contribution in [0.3, 0.4) is 0 Å². The van der Waals surface area contributed by atoms with Crippen molar-refractivity contribution in [1.82, 2.24) is 4.90 Å². The molecule has 1 amide bonds. The van der Waals surface area contributed by atoms with Crippen molar-refractivity contribution in [2.75, 3.05) is 19.8 Å². The van der Waals surface area contributed by atoms with Crippen LogP contribution >= 0.6 is 39.9 Å². The molecular weight excluding hydrogens is 442 g/mol. The summed E-state index contributed by atoms with van der Waals surface area (Å²) in [5.41, 5.74) is 0.684. The van der Waals surface area contributed by atoms with Crippen LogP contribution in [-0.4, -0.2) is 46.0 Å². The minimum Gasteiger partial charge on any atom is -0.503 e. The molecule has 1 aromatic rings. The van der Waals surface area contributed by atoms with E-state index in [0.29, 0.717) is 38.2 Å². The number of esters is 1. The lowest BCUT2D eigenvalue weighted by atomic mass is 10.2. The van der Waals surface area contributed by atoms with E-state index in [-0.39, 0.29) is 30.6 Å². The fourth-order valence-electron chi connectivity index (χ4n) is 2.22. The van der Waals surface area contributed by atoms with Crippen LogP contribution in [0, 0.1) is 0 Å². The standard InChI is InChI=1S/C17H18BrNO5S2/c1-3-23-12-8-10(7-11(18)15(12)21)9-13-16(22)19(17(25)26-13)6-5-14(20)24-4-2/h7-9,21H,3-6H2,1-2H3/b13-9-. The summed E-state index contributed by atoms with van der Waals surface area (Å²) in [5.74, 6) is -0.294. The Balaban J connectivity index is 2.18. The van der Waals surface area contributed by atoms with E-state index in [1.165, 1.54) is 16.7 Å². The average Bonchev–Trinajstić information content (AvgIpc) is 2.84. The Bertz CT molecular complexity index is 766. The number of aromatic hydroxyl groups is 1. The maximum atomic E-state index is 12.6. The maximum absolute atomic E-state index is 12.6. The zero-order valence-electron chi connectivity index (χ0n) is 14.3. The van der Waals surface area contributed by atoms with E-state index >= 15 is 0 Å². The second-order valence-electron chi connectivity index (χ2n) is 5.17. The van der Waals surface area contributed by atoms with Crippen molar-refractivity contribution in [2.24, 2.45) is 0 Å². The molecule has 1 aliphatic heterocycles. The number of carbonyl (C=O) groups is 2. The highest BCUT2D eigenvalue weighted by molar-refractivity contribution is 9.10. The summed E-state index contributed by atoms with van der Waals surface area (Å²) in [6, 6.07) is 3.33. The fourth-order valence-corrected chi connectivity index (χ4v) is 3.99.